The predicted octanol–water partition coefficient (Wildman–Crippen LogP) is 4.49. The molecule has 3 nitrogen and oxygen atoms in total. The van der Waals surface area contributed by atoms with Crippen molar-refractivity contribution in [3.63, 3.8) is 0 Å². The number of carbonyl (C=O) groups excluding carboxylic acids is 1. The first-order valence-electron chi connectivity index (χ1n) is 6.19. The summed E-state index contributed by atoms with van der Waals surface area (Å²) in [6.45, 7) is 12.5. The van der Waals surface area contributed by atoms with E-state index < -0.39 is 21.9 Å². The molecule has 0 aliphatic rings. The lowest BCUT2D eigenvalue weighted by Gasteiger charge is -2.23. The second kappa shape index (κ2) is 5.68. The summed E-state index contributed by atoms with van der Waals surface area (Å²) in [5.74, 6) is 1.30. The standard InChI is InChI=1S/C13H21ClO3Si2/c1-18(2,3)16-11-7-10(13(14)15)8-12(9-11)17-19(4,5)6/h7-9H,1-6H3. The van der Waals surface area contributed by atoms with Crippen molar-refractivity contribution in [2.24, 2.45) is 0 Å². The fourth-order valence-electron chi connectivity index (χ4n) is 1.51. The molecular formula is C13H21ClO3Si2. The molecule has 1 aromatic carbocycles. The quantitative estimate of drug-likeness (QED) is 0.593. The Balaban J connectivity index is 3.14. The fraction of sp³-hybridized carbons (Fsp3) is 0.462. The third-order valence-corrected chi connectivity index (χ3v) is 3.87. The van der Waals surface area contributed by atoms with E-state index in [2.05, 4.69) is 39.3 Å². The van der Waals surface area contributed by atoms with Gasteiger partial charge in [-0.25, -0.2) is 0 Å². The van der Waals surface area contributed by atoms with Gasteiger partial charge in [0.2, 0.25) is 16.6 Å². The van der Waals surface area contributed by atoms with E-state index in [0.29, 0.717) is 17.1 Å². The van der Waals surface area contributed by atoms with Crippen LogP contribution in [-0.4, -0.2) is 21.9 Å². The van der Waals surface area contributed by atoms with Crippen molar-refractivity contribution in [3.05, 3.63) is 23.8 Å². The van der Waals surface area contributed by atoms with Crippen molar-refractivity contribution < 1.29 is 13.6 Å². The first kappa shape index (κ1) is 16.3. The molecule has 0 saturated heterocycles. The smallest absolute Gasteiger partial charge is 0.252 e. The Hall–Kier alpha value is -0.786. The average Bonchev–Trinajstić information content (AvgIpc) is 2.10. The maximum atomic E-state index is 11.4. The summed E-state index contributed by atoms with van der Waals surface area (Å²) >= 11 is 5.56. The van der Waals surface area contributed by atoms with E-state index >= 15 is 0 Å². The monoisotopic (exact) mass is 316 g/mol. The summed E-state index contributed by atoms with van der Waals surface area (Å²) in [7, 11) is -3.47. The minimum Gasteiger partial charge on any atom is -0.544 e. The van der Waals surface area contributed by atoms with Gasteiger partial charge in [0, 0.05) is 11.6 Å². The molecule has 0 aliphatic carbocycles. The van der Waals surface area contributed by atoms with E-state index in [-0.39, 0.29) is 0 Å². The molecule has 0 unspecified atom stereocenters. The predicted molar refractivity (Wildman–Crippen MR) is 84.6 cm³/mol. The maximum Gasteiger partial charge on any atom is 0.252 e. The summed E-state index contributed by atoms with van der Waals surface area (Å²) < 4.78 is 11.8. The number of halogens is 1. The van der Waals surface area contributed by atoms with Crippen LogP contribution in [0.1, 0.15) is 10.4 Å². The van der Waals surface area contributed by atoms with E-state index in [1.54, 1.807) is 12.1 Å². The molecule has 0 atom stereocenters. The van der Waals surface area contributed by atoms with E-state index in [9.17, 15) is 4.79 Å². The maximum absolute atomic E-state index is 11.4. The second-order valence-corrected chi connectivity index (χ2v) is 15.6. The van der Waals surface area contributed by atoms with Gasteiger partial charge in [-0.1, -0.05) is 0 Å². The van der Waals surface area contributed by atoms with Crippen LogP contribution in [0, 0.1) is 0 Å². The van der Waals surface area contributed by atoms with Gasteiger partial charge >= 0.3 is 0 Å². The molecule has 0 N–H and O–H groups in total. The zero-order chi connectivity index (χ0) is 14.8. The van der Waals surface area contributed by atoms with E-state index in [0.717, 1.165) is 0 Å². The van der Waals surface area contributed by atoms with Crippen LogP contribution < -0.4 is 8.85 Å². The van der Waals surface area contributed by atoms with Crippen molar-refractivity contribution in [2.75, 3.05) is 0 Å². The van der Waals surface area contributed by atoms with Crippen LogP contribution in [0.5, 0.6) is 11.5 Å². The first-order valence-corrected chi connectivity index (χ1v) is 13.4. The number of carbonyl (C=O) groups is 1. The SMILES string of the molecule is C[Si](C)(C)Oc1cc(O[Si](C)(C)C)cc(C(=O)Cl)c1. The van der Waals surface area contributed by atoms with Gasteiger partial charge in [0.25, 0.3) is 5.24 Å². The van der Waals surface area contributed by atoms with Crippen molar-refractivity contribution >= 4 is 33.5 Å². The summed E-state index contributed by atoms with van der Waals surface area (Å²) in [6.07, 6.45) is 0. The molecule has 0 spiro atoms. The third-order valence-electron chi connectivity index (χ3n) is 1.96. The van der Waals surface area contributed by atoms with Gasteiger partial charge in [-0.15, -0.1) is 0 Å². The van der Waals surface area contributed by atoms with E-state index in [1.165, 1.54) is 0 Å². The molecule has 19 heavy (non-hydrogen) atoms. The molecule has 0 aromatic heterocycles. The molecule has 0 bridgehead atoms. The molecular weight excluding hydrogens is 296 g/mol. The molecule has 0 amide bonds. The Kier molecular flexibility index (Phi) is 4.87. The van der Waals surface area contributed by atoms with Crippen LogP contribution in [0.4, 0.5) is 0 Å². The average molecular weight is 317 g/mol. The minimum atomic E-state index is -1.74. The second-order valence-electron chi connectivity index (χ2n) is 6.40. The number of benzene rings is 1. The largest absolute Gasteiger partial charge is 0.544 e. The van der Waals surface area contributed by atoms with Crippen molar-refractivity contribution in [1.29, 1.82) is 0 Å². The van der Waals surface area contributed by atoms with Crippen LogP contribution in [0.25, 0.3) is 0 Å². The highest BCUT2D eigenvalue weighted by atomic mass is 35.5. The van der Waals surface area contributed by atoms with Gasteiger partial charge in [0.05, 0.1) is 0 Å². The van der Waals surface area contributed by atoms with Gasteiger partial charge in [0.15, 0.2) is 0 Å². The van der Waals surface area contributed by atoms with Gasteiger partial charge in [-0.05, 0) is 63.0 Å². The molecule has 0 fully saturated rings. The molecule has 1 aromatic rings. The summed E-state index contributed by atoms with van der Waals surface area (Å²) in [5.41, 5.74) is 0.408. The highest BCUT2D eigenvalue weighted by molar-refractivity contribution is 6.71. The Morgan fingerprint density at radius 1 is 0.895 bits per heavy atom. The van der Waals surface area contributed by atoms with Gasteiger partial charge < -0.3 is 8.85 Å². The van der Waals surface area contributed by atoms with Crippen LogP contribution in [0.3, 0.4) is 0 Å². The van der Waals surface area contributed by atoms with Crippen LogP contribution in [-0.2, 0) is 0 Å². The van der Waals surface area contributed by atoms with Gasteiger partial charge in [0.1, 0.15) is 11.5 Å². The Labute approximate surface area is 122 Å². The summed E-state index contributed by atoms with van der Waals surface area (Å²) in [6, 6.07) is 5.18. The van der Waals surface area contributed by atoms with E-state index in [4.69, 9.17) is 20.5 Å². The number of hydrogen-bond donors (Lipinski definition) is 0. The highest BCUT2D eigenvalue weighted by Gasteiger charge is 2.20. The molecule has 0 radical (unpaired) electrons. The normalized spacial score (nSPS) is 12.2. The molecule has 6 heteroatoms. The third kappa shape index (κ3) is 6.27. The molecule has 0 heterocycles. The zero-order valence-electron chi connectivity index (χ0n) is 12.3. The lowest BCUT2D eigenvalue weighted by Crippen LogP contribution is -2.30. The molecule has 0 aliphatic heterocycles. The van der Waals surface area contributed by atoms with Crippen molar-refractivity contribution in [2.45, 2.75) is 39.3 Å². The van der Waals surface area contributed by atoms with Crippen LogP contribution in [0.15, 0.2) is 18.2 Å². The Morgan fingerprint density at radius 3 is 1.53 bits per heavy atom. The van der Waals surface area contributed by atoms with Crippen molar-refractivity contribution in [1.82, 2.24) is 0 Å². The first-order chi connectivity index (χ1) is 8.46. The topological polar surface area (TPSA) is 35.5 Å². The fourth-order valence-corrected chi connectivity index (χ4v) is 3.27. The van der Waals surface area contributed by atoms with E-state index in [1.807, 2.05) is 6.07 Å². The van der Waals surface area contributed by atoms with Gasteiger partial charge in [-0.2, -0.15) is 0 Å². The van der Waals surface area contributed by atoms with Gasteiger partial charge in [-0.3, -0.25) is 4.79 Å². The Bertz CT molecular complexity index is 442. The number of hydrogen-bond acceptors (Lipinski definition) is 3. The minimum absolute atomic E-state index is 0.408. The highest BCUT2D eigenvalue weighted by Crippen LogP contribution is 2.27. The summed E-state index contributed by atoms with van der Waals surface area (Å²) in [4.78, 5) is 11.4. The van der Waals surface area contributed by atoms with Crippen LogP contribution in [0.2, 0.25) is 39.3 Å². The number of rotatable bonds is 5. The molecule has 1 rings (SSSR count). The molecule has 106 valence electrons. The lowest BCUT2D eigenvalue weighted by molar-refractivity contribution is 0.108. The summed E-state index contributed by atoms with van der Waals surface area (Å²) in [5, 5.41) is -0.499. The molecule has 0 saturated carbocycles. The lowest BCUT2D eigenvalue weighted by atomic mass is 10.2. The zero-order valence-corrected chi connectivity index (χ0v) is 15.1. The Morgan fingerprint density at radius 2 is 1.26 bits per heavy atom. The van der Waals surface area contributed by atoms with Crippen molar-refractivity contribution in [3.8, 4) is 11.5 Å². The van der Waals surface area contributed by atoms with Crippen LogP contribution >= 0.6 is 11.6 Å².